The standard InChI is InChI=1S/C14H23FN2O/c1-5-10(4)17(6-2)13-9-14(18-7-3)11(15)8-12(13)16/h8-10H,5-7,16H2,1-4H3. The van der Waals surface area contributed by atoms with Gasteiger partial charge in [-0.2, -0.15) is 0 Å². The number of nitrogen functional groups attached to an aromatic ring is 1. The van der Waals surface area contributed by atoms with Crippen molar-refractivity contribution < 1.29 is 9.13 Å². The first-order valence-corrected chi connectivity index (χ1v) is 6.53. The van der Waals surface area contributed by atoms with Gasteiger partial charge in [0.25, 0.3) is 0 Å². The summed E-state index contributed by atoms with van der Waals surface area (Å²) in [7, 11) is 0. The lowest BCUT2D eigenvalue weighted by molar-refractivity contribution is 0.321. The van der Waals surface area contributed by atoms with Gasteiger partial charge in [-0.3, -0.25) is 0 Å². The first-order valence-electron chi connectivity index (χ1n) is 6.53. The zero-order chi connectivity index (χ0) is 13.7. The third-order valence-electron chi connectivity index (χ3n) is 3.15. The zero-order valence-corrected chi connectivity index (χ0v) is 11.7. The van der Waals surface area contributed by atoms with Gasteiger partial charge in [0.2, 0.25) is 0 Å². The van der Waals surface area contributed by atoms with Crippen LogP contribution in [0, 0.1) is 5.82 Å². The maximum Gasteiger partial charge on any atom is 0.167 e. The molecule has 3 nitrogen and oxygen atoms in total. The number of ether oxygens (including phenoxy) is 1. The quantitative estimate of drug-likeness (QED) is 0.790. The van der Waals surface area contributed by atoms with Crippen LogP contribution >= 0.6 is 0 Å². The van der Waals surface area contributed by atoms with E-state index in [4.69, 9.17) is 10.5 Å². The average Bonchev–Trinajstić information content (AvgIpc) is 2.35. The second-order valence-electron chi connectivity index (χ2n) is 4.32. The van der Waals surface area contributed by atoms with Gasteiger partial charge in [0.15, 0.2) is 11.6 Å². The second kappa shape index (κ2) is 6.47. The first-order chi connectivity index (χ1) is 8.54. The van der Waals surface area contributed by atoms with Crippen LogP contribution in [0.4, 0.5) is 15.8 Å². The number of halogens is 1. The van der Waals surface area contributed by atoms with E-state index >= 15 is 0 Å². The summed E-state index contributed by atoms with van der Waals surface area (Å²) in [4.78, 5) is 2.16. The van der Waals surface area contributed by atoms with Crippen LogP contribution < -0.4 is 15.4 Å². The Morgan fingerprint density at radius 1 is 1.33 bits per heavy atom. The topological polar surface area (TPSA) is 38.5 Å². The predicted octanol–water partition coefficient (Wildman–Crippen LogP) is 3.43. The average molecular weight is 254 g/mol. The summed E-state index contributed by atoms with van der Waals surface area (Å²) in [5, 5.41) is 0. The summed E-state index contributed by atoms with van der Waals surface area (Å²) in [6.07, 6.45) is 1.01. The van der Waals surface area contributed by atoms with Crippen molar-refractivity contribution in [2.24, 2.45) is 0 Å². The molecule has 0 amide bonds. The monoisotopic (exact) mass is 254 g/mol. The van der Waals surface area contributed by atoms with E-state index in [1.165, 1.54) is 6.07 Å². The summed E-state index contributed by atoms with van der Waals surface area (Å²) < 4.78 is 18.9. The van der Waals surface area contributed by atoms with Gasteiger partial charge in [0.05, 0.1) is 18.0 Å². The number of anilines is 2. The molecule has 0 saturated heterocycles. The highest BCUT2D eigenvalue weighted by molar-refractivity contribution is 5.70. The minimum Gasteiger partial charge on any atom is -0.491 e. The lowest BCUT2D eigenvalue weighted by atomic mass is 10.1. The molecule has 2 N–H and O–H groups in total. The van der Waals surface area contributed by atoms with Crippen LogP contribution in [-0.2, 0) is 0 Å². The lowest BCUT2D eigenvalue weighted by Gasteiger charge is -2.31. The van der Waals surface area contributed by atoms with E-state index in [0.717, 1.165) is 18.7 Å². The van der Waals surface area contributed by atoms with Crippen LogP contribution in [0.15, 0.2) is 12.1 Å². The van der Waals surface area contributed by atoms with Crippen LogP contribution in [0.5, 0.6) is 5.75 Å². The smallest absolute Gasteiger partial charge is 0.167 e. The molecule has 0 radical (unpaired) electrons. The Balaban J connectivity index is 3.17. The number of hydrogen-bond acceptors (Lipinski definition) is 3. The van der Waals surface area contributed by atoms with Gasteiger partial charge >= 0.3 is 0 Å². The molecule has 0 spiro atoms. The molecule has 0 aliphatic rings. The van der Waals surface area contributed by atoms with Crippen molar-refractivity contribution in [1.29, 1.82) is 0 Å². The molecule has 0 aromatic heterocycles. The molecule has 4 heteroatoms. The Hall–Kier alpha value is -1.45. The van der Waals surface area contributed by atoms with Gasteiger partial charge in [-0.15, -0.1) is 0 Å². The highest BCUT2D eigenvalue weighted by atomic mass is 19.1. The maximum absolute atomic E-state index is 13.6. The van der Waals surface area contributed by atoms with Gasteiger partial charge < -0.3 is 15.4 Å². The van der Waals surface area contributed by atoms with Gasteiger partial charge in [-0.1, -0.05) is 6.92 Å². The second-order valence-corrected chi connectivity index (χ2v) is 4.32. The molecule has 1 aromatic carbocycles. The molecule has 0 aliphatic heterocycles. The van der Waals surface area contributed by atoms with E-state index in [0.29, 0.717) is 18.3 Å². The van der Waals surface area contributed by atoms with Crippen LogP contribution in [-0.4, -0.2) is 19.2 Å². The summed E-state index contributed by atoms with van der Waals surface area (Å²) in [6, 6.07) is 3.40. The predicted molar refractivity (Wildman–Crippen MR) is 74.8 cm³/mol. The van der Waals surface area contributed by atoms with Crippen LogP contribution in [0.25, 0.3) is 0 Å². The van der Waals surface area contributed by atoms with Gasteiger partial charge in [0, 0.05) is 24.7 Å². The molecular formula is C14H23FN2O. The number of rotatable bonds is 6. The molecule has 102 valence electrons. The van der Waals surface area contributed by atoms with Crippen LogP contribution in [0.3, 0.4) is 0 Å². The lowest BCUT2D eigenvalue weighted by Crippen LogP contribution is -2.33. The first kappa shape index (κ1) is 14.6. The van der Waals surface area contributed by atoms with Crippen molar-refractivity contribution in [3.8, 4) is 5.75 Å². The third-order valence-corrected chi connectivity index (χ3v) is 3.15. The molecule has 1 unspecified atom stereocenters. The van der Waals surface area contributed by atoms with E-state index in [9.17, 15) is 4.39 Å². The van der Waals surface area contributed by atoms with E-state index in [1.54, 1.807) is 6.07 Å². The number of benzene rings is 1. The third kappa shape index (κ3) is 3.06. The van der Waals surface area contributed by atoms with Crippen molar-refractivity contribution in [2.45, 2.75) is 40.2 Å². The van der Waals surface area contributed by atoms with E-state index < -0.39 is 5.82 Å². The molecule has 1 rings (SSSR count). The number of nitrogens with zero attached hydrogens (tertiary/aromatic N) is 1. The number of hydrogen-bond donors (Lipinski definition) is 1. The summed E-state index contributed by atoms with van der Waals surface area (Å²) in [5.74, 6) is -0.137. The molecule has 1 aromatic rings. The van der Waals surface area contributed by atoms with Crippen molar-refractivity contribution in [3.63, 3.8) is 0 Å². The van der Waals surface area contributed by atoms with E-state index in [2.05, 4.69) is 25.7 Å². The normalized spacial score (nSPS) is 12.3. The Morgan fingerprint density at radius 2 is 2.00 bits per heavy atom. The van der Waals surface area contributed by atoms with Gasteiger partial charge in [-0.25, -0.2) is 4.39 Å². The fraction of sp³-hybridized carbons (Fsp3) is 0.571. The zero-order valence-electron chi connectivity index (χ0n) is 11.7. The Bertz CT molecular complexity index is 396. The molecule has 0 fully saturated rings. The number of nitrogens with two attached hydrogens (primary N) is 1. The van der Waals surface area contributed by atoms with E-state index in [1.807, 2.05) is 6.92 Å². The van der Waals surface area contributed by atoms with Gasteiger partial charge in [0.1, 0.15) is 0 Å². The molecular weight excluding hydrogens is 231 g/mol. The Morgan fingerprint density at radius 3 is 2.50 bits per heavy atom. The highest BCUT2D eigenvalue weighted by Gasteiger charge is 2.17. The highest BCUT2D eigenvalue weighted by Crippen LogP contribution is 2.32. The largest absolute Gasteiger partial charge is 0.491 e. The molecule has 18 heavy (non-hydrogen) atoms. The van der Waals surface area contributed by atoms with E-state index in [-0.39, 0.29) is 5.75 Å². The Kier molecular flexibility index (Phi) is 5.25. The molecule has 1 atom stereocenters. The van der Waals surface area contributed by atoms with Gasteiger partial charge in [-0.05, 0) is 27.2 Å². The summed E-state index contributed by atoms with van der Waals surface area (Å²) >= 11 is 0. The molecule has 0 bridgehead atoms. The van der Waals surface area contributed by atoms with Crippen molar-refractivity contribution in [2.75, 3.05) is 23.8 Å². The van der Waals surface area contributed by atoms with Crippen molar-refractivity contribution in [3.05, 3.63) is 17.9 Å². The fourth-order valence-corrected chi connectivity index (χ4v) is 2.01. The maximum atomic E-state index is 13.6. The molecule has 0 saturated carbocycles. The minimum atomic E-state index is -0.404. The van der Waals surface area contributed by atoms with Crippen molar-refractivity contribution in [1.82, 2.24) is 0 Å². The van der Waals surface area contributed by atoms with Crippen LogP contribution in [0.1, 0.15) is 34.1 Å². The summed E-state index contributed by atoms with van der Waals surface area (Å²) in [5.41, 5.74) is 7.22. The fourth-order valence-electron chi connectivity index (χ4n) is 2.01. The summed E-state index contributed by atoms with van der Waals surface area (Å²) in [6.45, 7) is 9.42. The minimum absolute atomic E-state index is 0.267. The molecule has 0 aliphatic carbocycles. The Labute approximate surface area is 109 Å². The van der Waals surface area contributed by atoms with Crippen molar-refractivity contribution >= 4 is 11.4 Å². The SMILES string of the molecule is CCOc1cc(N(CC)C(C)CC)c(N)cc1F. The van der Waals surface area contributed by atoms with Crippen LogP contribution in [0.2, 0.25) is 0 Å². The molecule has 0 heterocycles.